The maximum absolute atomic E-state index is 12.5. The van der Waals surface area contributed by atoms with Crippen molar-refractivity contribution in [2.24, 2.45) is 0 Å². The Bertz CT molecular complexity index is 1500. The van der Waals surface area contributed by atoms with Crippen molar-refractivity contribution in [1.29, 1.82) is 0 Å². The molecule has 1 heterocycles. The summed E-state index contributed by atoms with van der Waals surface area (Å²) in [6.07, 6.45) is -10.7. The van der Waals surface area contributed by atoms with E-state index in [1.54, 1.807) is 29.6 Å². The fourth-order valence-corrected chi connectivity index (χ4v) is 5.91. The van der Waals surface area contributed by atoms with Crippen LogP contribution in [0.1, 0.15) is 44.1 Å². The second-order valence-corrected chi connectivity index (χ2v) is 14.3. The van der Waals surface area contributed by atoms with Crippen LogP contribution in [0, 0.1) is 0 Å². The number of unbranched alkanes of at least 4 members (excludes halogenated alkanes) is 3. The third-order valence-electron chi connectivity index (χ3n) is 8.99. The van der Waals surface area contributed by atoms with Gasteiger partial charge >= 0.3 is 18.1 Å². The van der Waals surface area contributed by atoms with Crippen molar-refractivity contribution in [3.05, 3.63) is 34.9 Å². The van der Waals surface area contributed by atoms with Gasteiger partial charge in [0.15, 0.2) is 0 Å². The number of carbonyl (C=O) groups excluding carboxylic acids is 4. The van der Waals surface area contributed by atoms with Gasteiger partial charge < -0.3 is 75.2 Å². The molecular formula is C38H58ClF3N4O16. The predicted octanol–water partition coefficient (Wildman–Crippen LogP) is -1.04. The molecule has 0 radical (unpaired) electrons. The molecule has 0 aromatic heterocycles. The molecule has 1 aromatic rings. The van der Waals surface area contributed by atoms with Gasteiger partial charge in [-0.25, -0.2) is 4.79 Å². The lowest BCUT2D eigenvalue weighted by Gasteiger charge is -2.46. The van der Waals surface area contributed by atoms with E-state index in [2.05, 4.69) is 16.0 Å². The van der Waals surface area contributed by atoms with Gasteiger partial charge in [-0.3, -0.25) is 19.2 Å². The van der Waals surface area contributed by atoms with E-state index in [0.29, 0.717) is 36.3 Å². The molecule has 1 fully saturated rings. The fraction of sp³-hybridized carbons (Fsp3) is 0.711. The molecule has 1 aromatic carbocycles. The van der Waals surface area contributed by atoms with Crippen LogP contribution < -0.4 is 21.3 Å². The Morgan fingerprint density at radius 3 is 1.92 bits per heavy atom. The summed E-state index contributed by atoms with van der Waals surface area (Å²) < 4.78 is 68.6. The molecule has 354 valence electrons. The Morgan fingerprint density at radius 2 is 1.35 bits per heavy atom. The molecule has 0 aliphatic carbocycles. The lowest BCUT2D eigenvalue weighted by atomic mass is 9.88. The Morgan fingerprint density at radius 1 is 0.790 bits per heavy atom. The van der Waals surface area contributed by atoms with Crippen LogP contribution in [-0.4, -0.2) is 183 Å². The summed E-state index contributed by atoms with van der Waals surface area (Å²) in [4.78, 5) is 59.8. The lowest BCUT2D eigenvalue weighted by molar-refractivity contribution is -0.310. The molecule has 4 amide bonds. The Balaban J connectivity index is 1.62. The number of hydrogen-bond donors (Lipinski definition) is 9. The maximum atomic E-state index is 12.5. The minimum atomic E-state index is -4.93. The van der Waals surface area contributed by atoms with Gasteiger partial charge in [0.1, 0.15) is 18.8 Å². The van der Waals surface area contributed by atoms with Crippen molar-refractivity contribution in [2.75, 3.05) is 85.7 Å². The largest absolute Gasteiger partial charge is 0.477 e. The van der Waals surface area contributed by atoms with Crippen molar-refractivity contribution < 1.29 is 91.1 Å². The number of alkyl halides is 3. The first kappa shape index (κ1) is 54.4. The van der Waals surface area contributed by atoms with Gasteiger partial charge in [-0.2, -0.15) is 13.2 Å². The average molecular weight is 919 g/mol. The molecule has 0 spiro atoms. The van der Waals surface area contributed by atoms with Gasteiger partial charge in [-0.15, -0.1) is 0 Å². The summed E-state index contributed by atoms with van der Waals surface area (Å²) in [6.45, 7) is -0.140. The minimum Gasteiger partial charge on any atom is -0.477 e. The highest BCUT2D eigenvalue weighted by atomic mass is 35.5. The second kappa shape index (κ2) is 29.6. The van der Waals surface area contributed by atoms with Crippen molar-refractivity contribution in [3.63, 3.8) is 0 Å². The first-order valence-electron chi connectivity index (χ1n) is 19.9. The highest BCUT2D eigenvalue weighted by molar-refractivity contribution is 6.30. The minimum absolute atomic E-state index is 0.0780. The number of amides is 4. The van der Waals surface area contributed by atoms with Crippen LogP contribution in [0.25, 0.3) is 0 Å². The SMILES string of the molecule is O=C(CCCCCCO[C@]1(C(=O)O)C[C@H](O)[C@@H](NC(=O)CO)[C@H]([C@H](O)[C@H](O)CNC(=O)Cc2ccc(Cl)cc2)O1)NCCOCCOCCOCCOCCNC(=O)C(F)(F)F. The van der Waals surface area contributed by atoms with Gasteiger partial charge in [0, 0.05) is 37.5 Å². The van der Waals surface area contributed by atoms with Crippen molar-refractivity contribution in [2.45, 2.75) is 87.4 Å². The molecular weight excluding hydrogens is 861 g/mol. The van der Waals surface area contributed by atoms with E-state index < -0.39 is 85.7 Å². The third-order valence-corrected chi connectivity index (χ3v) is 9.25. The highest BCUT2D eigenvalue weighted by Gasteiger charge is 2.55. The van der Waals surface area contributed by atoms with E-state index in [-0.39, 0.29) is 91.3 Å². The van der Waals surface area contributed by atoms with Gasteiger partial charge in [0.25, 0.3) is 5.79 Å². The number of halogens is 4. The summed E-state index contributed by atoms with van der Waals surface area (Å²) in [6, 6.07) is 4.97. The van der Waals surface area contributed by atoms with Crippen molar-refractivity contribution in [3.8, 4) is 0 Å². The summed E-state index contributed by atoms with van der Waals surface area (Å²) in [5.74, 6) is -7.86. The van der Waals surface area contributed by atoms with E-state index in [1.165, 1.54) is 0 Å². The number of ether oxygens (including phenoxy) is 6. The van der Waals surface area contributed by atoms with E-state index in [4.69, 9.17) is 40.0 Å². The topological polar surface area (TPSA) is 290 Å². The van der Waals surface area contributed by atoms with E-state index >= 15 is 0 Å². The Kier molecular flexibility index (Phi) is 25.9. The predicted molar refractivity (Wildman–Crippen MR) is 209 cm³/mol. The number of aliphatic carboxylic acids is 1. The van der Waals surface area contributed by atoms with E-state index in [0.717, 1.165) is 0 Å². The summed E-state index contributed by atoms with van der Waals surface area (Å²) in [7, 11) is 0. The Labute approximate surface area is 361 Å². The average Bonchev–Trinajstić information content (AvgIpc) is 3.22. The molecule has 1 aliphatic heterocycles. The van der Waals surface area contributed by atoms with Crippen LogP contribution in [-0.2, 0) is 58.8 Å². The van der Waals surface area contributed by atoms with Gasteiger partial charge in [0.05, 0.1) is 84.1 Å². The summed E-state index contributed by atoms with van der Waals surface area (Å²) in [5.41, 5.74) is 0.620. The number of aliphatic hydroxyl groups excluding tert-OH is 4. The second-order valence-electron chi connectivity index (χ2n) is 13.9. The molecule has 6 atom stereocenters. The maximum Gasteiger partial charge on any atom is 0.471 e. The van der Waals surface area contributed by atoms with Crippen LogP contribution in [0.5, 0.6) is 0 Å². The molecule has 0 bridgehead atoms. The van der Waals surface area contributed by atoms with Gasteiger partial charge in [-0.1, -0.05) is 36.6 Å². The van der Waals surface area contributed by atoms with Crippen molar-refractivity contribution >= 4 is 41.2 Å². The molecule has 20 nitrogen and oxygen atoms in total. The normalized spacial score (nSPS) is 19.9. The third kappa shape index (κ3) is 21.6. The molecule has 24 heteroatoms. The number of aliphatic hydroxyl groups is 4. The molecule has 62 heavy (non-hydrogen) atoms. The summed E-state index contributed by atoms with van der Waals surface area (Å²) >= 11 is 5.87. The van der Waals surface area contributed by atoms with E-state index in [1.807, 2.05) is 0 Å². The first-order valence-corrected chi connectivity index (χ1v) is 20.3. The van der Waals surface area contributed by atoms with Crippen LogP contribution in [0.2, 0.25) is 5.02 Å². The number of carboxylic acids is 1. The number of nitrogens with one attached hydrogen (secondary N) is 4. The Hall–Kier alpha value is -3.75. The van der Waals surface area contributed by atoms with Gasteiger partial charge in [-0.05, 0) is 30.5 Å². The van der Waals surface area contributed by atoms with Crippen LogP contribution in [0.15, 0.2) is 24.3 Å². The van der Waals surface area contributed by atoms with Gasteiger partial charge in [0.2, 0.25) is 17.7 Å². The highest BCUT2D eigenvalue weighted by Crippen LogP contribution is 2.34. The number of rotatable bonds is 32. The standard InChI is InChI=1S/C38H58ClF3N4O16/c39-26-8-6-25(7-9-26)21-30(51)45-23-28(49)33(53)34-32(46-31(52)24-47)27(48)22-37(62-34,36(55)56)61-12-4-2-1-3-5-29(50)43-10-13-57-15-17-59-19-20-60-18-16-58-14-11-44-35(54)38(40,41)42/h6-9,27-28,32-34,47-49,53H,1-5,10-24H2,(H,43,50)(H,44,54)(H,45,51)(H,46,52)(H,55,56)/t27-,28+,32+,33+,34+,37+/m0/s1. The van der Waals surface area contributed by atoms with Crippen LogP contribution >= 0.6 is 11.6 Å². The lowest BCUT2D eigenvalue weighted by Crippen LogP contribution is -2.68. The fourth-order valence-electron chi connectivity index (χ4n) is 5.78. The molecule has 1 saturated heterocycles. The van der Waals surface area contributed by atoms with E-state index in [9.17, 15) is 62.7 Å². The first-order chi connectivity index (χ1) is 29.5. The number of hydrogen-bond acceptors (Lipinski definition) is 15. The quantitative estimate of drug-likeness (QED) is 0.0390. The van der Waals surface area contributed by atoms with Crippen LogP contribution in [0.3, 0.4) is 0 Å². The zero-order valence-corrected chi connectivity index (χ0v) is 34.8. The monoisotopic (exact) mass is 918 g/mol. The molecule has 2 rings (SSSR count). The molecule has 9 N–H and O–H groups in total. The van der Waals surface area contributed by atoms with Crippen molar-refractivity contribution in [1.82, 2.24) is 21.3 Å². The number of carbonyl (C=O) groups is 5. The molecule has 0 saturated carbocycles. The smallest absolute Gasteiger partial charge is 0.471 e. The molecule has 0 unspecified atom stereocenters. The summed E-state index contributed by atoms with van der Waals surface area (Å²) in [5, 5.41) is 61.8. The van der Waals surface area contributed by atoms with Crippen LogP contribution in [0.4, 0.5) is 13.2 Å². The number of benzene rings is 1. The molecule has 1 aliphatic rings. The number of carboxylic acid groups (broad SMARTS) is 1. The zero-order valence-electron chi connectivity index (χ0n) is 34.1. The zero-order chi connectivity index (χ0) is 46.0.